The summed E-state index contributed by atoms with van der Waals surface area (Å²) in [6.45, 7) is 7.43. The van der Waals surface area contributed by atoms with E-state index in [-0.39, 0.29) is 29.1 Å². The molecule has 0 saturated heterocycles. The summed E-state index contributed by atoms with van der Waals surface area (Å²) in [5.74, 6) is -0.0566. The molecule has 2 aromatic heterocycles. The molecule has 0 aliphatic carbocycles. The van der Waals surface area contributed by atoms with Crippen molar-refractivity contribution in [1.82, 2.24) is 15.6 Å². The van der Waals surface area contributed by atoms with Crippen LogP contribution in [0.25, 0.3) is 44.8 Å². The molecule has 6 aromatic rings. The van der Waals surface area contributed by atoms with Gasteiger partial charge in [0, 0.05) is 24.2 Å². The Morgan fingerprint density at radius 3 is 1.47 bits per heavy atom. The van der Waals surface area contributed by atoms with Gasteiger partial charge in [-0.2, -0.15) is 0 Å². The Hall–Kier alpha value is -5.30. The van der Waals surface area contributed by atoms with Crippen LogP contribution in [-0.2, 0) is 0 Å². The Morgan fingerprint density at radius 2 is 1.11 bits per heavy atom. The van der Waals surface area contributed by atoms with Gasteiger partial charge in [0.25, 0.3) is 5.91 Å². The predicted molar refractivity (Wildman–Crippen MR) is 206 cm³/mol. The summed E-state index contributed by atoms with van der Waals surface area (Å²) in [6, 6.07) is 29.4. The first kappa shape index (κ1) is 40.5. The van der Waals surface area contributed by atoms with Gasteiger partial charge >= 0.3 is 5.97 Å². The fourth-order valence-corrected chi connectivity index (χ4v) is 5.57. The summed E-state index contributed by atoms with van der Waals surface area (Å²) in [5, 5.41) is 38.0. The summed E-state index contributed by atoms with van der Waals surface area (Å²) >= 11 is 12.4. The third kappa shape index (κ3) is 10.6. The van der Waals surface area contributed by atoms with Gasteiger partial charge < -0.3 is 35.4 Å². The van der Waals surface area contributed by atoms with E-state index >= 15 is 0 Å². The molecule has 1 amide bonds. The molecule has 0 fully saturated rings. The van der Waals surface area contributed by atoms with Crippen molar-refractivity contribution >= 4 is 35.1 Å². The lowest BCUT2D eigenvalue weighted by Crippen LogP contribution is -2.30. The third-order valence-corrected chi connectivity index (χ3v) is 8.34. The topological polar surface area (TPSA) is 185 Å². The smallest absolute Gasteiger partial charge is 0.337 e. The Balaban J connectivity index is 0.000000212. The van der Waals surface area contributed by atoms with Crippen LogP contribution in [0.15, 0.2) is 106 Å². The van der Waals surface area contributed by atoms with Crippen LogP contribution in [0.1, 0.15) is 46.1 Å². The molecule has 276 valence electrons. The van der Waals surface area contributed by atoms with Gasteiger partial charge in [0.15, 0.2) is 0 Å². The van der Waals surface area contributed by atoms with Crippen LogP contribution in [0, 0.1) is 13.8 Å². The fourth-order valence-electron chi connectivity index (χ4n) is 5.04. The molecule has 4 aromatic carbocycles. The monoisotopic (exact) mass is 758 g/mol. The number of halogens is 2. The summed E-state index contributed by atoms with van der Waals surface area (Å²) in [7, 11) is 0. The lowest BCUT2D eigenvalue weighted by Gasteiger charge is -2.10. The second-order valence-electron chi connectivity index (χ2n) is 12.0. The second kappa shape index (κ2) is 19.0. The standard InChI is InChI=1S/C20H19ClN2O3.C17H12ClNO3.C3H9NO/c1-12(24)11-22-20(25)16-9-8-15(10-17(16)21)18-13(2)26-23-19(18)14-6-4-3-5-7-14;1-10-15(12-7-8-13(17(20)21)14(18)9-12)16(19-22-10)11-5-3-2-4-6-11;1-3(5)2-4/h3-10,12,24H,11H2,1-2H3,(H,22,25);2-9H,1H3,(H,20,21);3,5H,2,4H2,1H3/t12-;;3-/m0.0/s1. The molecule has 0 aliphatic heterocycles. The summed E-state index contributed by atoms with van der Waals surface area (Å²) in [6.07, 6.45) is -0.958. The minimum Gasteiger partial charge on any atom is -0.478 e. The molecule has 11 nitrogen and oxygen atoms in total. The number of hydrogen-bond acceptors (Lipinski definition) is 9. The number of nitrogens with one attached hydrogen (secondary N) is 1. The van der Waals surface area contributed by atoms with E-state index < -0.39 is 12.1 Å². The fraction of sp³-hybridized carbons (Fsp3) is 0.200. The van der Waals surface area contributed by atoms with Crippen molar-refractivity contribution < 1.29 is 34.0 Å². The number of rotatable bonds is 9. The van der Waals surface area contributed by atoms with E-state index in [1.807, 2.05) is 80.6 Å². The number of aliphatic hydroxyl groups is 2. The van der Waals surface area contributed by atoms with Crippen molar-refractivity contribution in [2.75, 3.05) is 13.1 Å². The molecule has 0 saturated carbocycles. The largest absolute Gasteiger partial charge is 0.478 e. The zero-order chi connectivity index (χ0) is 38.7. The van der Waals surface area contributed by atoms with E-state index in [9.17, 15) is 14.7 Å². The normalized spacial score (nSPS) is 11.7. The van der Waals surface area contributed by atoms with Gasteiger partial charge in [0.2, 0.25) is 0 Å². The number of amides is 1. The van der Waals surface area contributed by atoms with Crippen molar-refractivity contribution in [2.24, 2.45) is 5.73 Å². The number of hydrogen-bond donors (Lipinski definition) is 5. The highest BCUT2D eigenvalue weighted by molar-refractivity contribution is 6.34. The van der Waals surface area contributed by atoms with Crippen LogP contribution in [0.4, 0.5) is 0 Å². The minimum absolute atomic E-state index is 0.0702. The average Bonchev–Trinajstić information content (AvgIpc) is 3.73. The summed E-state index contributed by atoms with van der Waals surface area (Å²) in [5.41, 5.74) is 11.9. The van der Waals surface area contributed by atoms with E-state index in [1.54, 1.807) is 38.1 Å². The maximum absolute atomic E-state index is 12.2. The van der Waals surface area contributed by atoms with Crippen LogP contribution >= 0.6 is 23.2 Å². The van der Waals surface area contributed by atoms with Gasteiger partial charge in [0.1, 0.15) is 22.9 Å². The molecule has 2 atom stereocenters. The van der Waals surface area contributed by atoms with Gasteiger partial charge in [-0.1, -0.05) is 106 Å². The van der Waals surface area contributed by atoms with Crippen LogP contribution in [0.3, 0.4) is 0 Å². The Bertz CT molecular complexity index is 2130. The number of benzene rings is 4. The SMILES string of the molecule is C[C@H](O)CN.Cc1onc(-c2ccccc2)c1-c1ccc(C(=O)NC[C@H](C)O)c(Cl)c1.Cc1onc(-c2ccccc2)c1-c1ccc(C(=O)O)c(Cl)c1. The van der Waals surface area contributed by atoms with Crippen molar-refractivity contribution in [2.45, 2.75) is 39.9 Å². The van der Waals surface area contributed by atoms with E-state index in [0.29, 0.717) is 34.3 Å². The third-order valence-electron chi connectivity index (χ3n) is 7.71. The van der Waals surface area contributed by atoms with Gasteiger partial charge in [-0.3, -0.25) is 4.79 Å². The van der Waals surface area contributed by atoms with E-state index in [1.165, 1.54) is 6.07 Å². The van der Waals surface area contributed by atoms with Crippen LogP contribution in [0.5, 0.6) is 0 Å². The molecule has 6 rings (SSSR count). The summed E-state index contributed by atoms with van der Waals surface area (Å²) in [4.78, 5) is 23.2. The second-order valence-corrected chi connectivity index (χ2v) is 12.8. The number of carbonyl (C=O) groups is 2. The molecule has 0 aliphatic rings. The molecular formula is C40H40Cl2N4O7. The zero-order valence-electron chi connectivity index (χ0n) is 29.5. The number of carboxylic acids is 1. The van der Waals surface area contributed by atoms with Crippen molar-refractivity contribution in [3.63, 3.8) is 0 Å². The highest BCUT2D eigenvalue weighted by Gasteiger charge is 2.20. The highest BCUT2D eigenvalue weighted by atomic mass is 35.5. The van der Waals surface area contributed by atoms with Gasteiger partial charge in [-0.15, -0.1) is 0 Å². The molecular weight excluding hydrogens is 719 g/mol. The minimum atomic E-state index is -1.05. The predicted octanol–water partition coefficient (Wildman–Crippen LogP) is 8.08. The lowest BCUT2D eigenvalue weighted by molar-refractivity contribution is 0.0696. The van der Waals surface area contributed by atoms with Gasteiger partial charge in [-0.25, -0.2) is 4.79 Å². The Labute approximate surface area is 317 Å². The quantitative estimate of drug-likeness (QED) is 0.0966. The molecule has 13 heteroatoms. The highest BCUT2D eigenvalue weighted by Crippen LogP contribution is 2.37. The zero-order valence-corrected chi connectivity index (χ0v) is 31.0. The molecule has 0 radical (unpaired) electrons. The maximum Gasteiger partial charge on any atom is 0.337 e. The number of aryl methyl sites for hydroxylation is 2. The number of nitrogens with zero attached hydrogens (tertiary/aromatic N) is 2. The summed E-state index contributed by atoms with van der Waals surface area (Å²) < 4.78 is 10.7. The van der Waals surface area contributed by atoms with Crippen molar-refractivity contribution in [3.8, 4) is 44.8 Å². The number of aromatic nitrogens is 2. The van der Waals surface area contributed by atoms with Gasteiger partial charge in [-0.05, 0) is 63.1 Å². The lowest BCUT2D eigenvalue weighted by atomic mass is 9.98. The number of aliphatic hydroxyl groups excluding tert-OH is 2. The van der Waals surface area contributed by atoms with Crippen LogP contribution in [-0.4, -0.2) is 62.8 Å². The molecule has 0 bridgehead atoms. The Kier molecular flexibility index (Phi) is 14.5. The van der Waals surface area contributed by atoms with E-state index in [4.69, 9.17) is 48.2 Å². The number of aromatic carboxylic acids is 1. The first-order valence-electron chi connectivity index (χ1n) is 16.5. The first-order chi connectivity index (χ1) is 25.3. The molecule has 53 heavy (non-hydrogen) atoms. The van der Waals surface area contributed by atoms with Gasteiger partial charge in [0.05, 0.1) is 44.5 Å². The van der Waals surface area contributed by atoms with Crippen molar-refractivity contribution in [1.29, 1.82) is 0 Å². The van der Waals surface area contributed by atoms with Crippen molar-refractivity contribution in [3.05, 3.63) is 130 Å². The Morgan fingerprint density at radius 1 is 0.698 bits per heavy atom. The maximum atomic E-state index is 12.2. The number of nitrogens with two attached hydrogens (primary N) is 1. The van der Waals surface area contributed by atoms with Crippen LogP contribution < -0.4 is 11.1 Å². The van der Waals surface area contributed by atoms with E-state index in [2.05, 4.69) is 15.6 Å². The molecule has 2 heterocycles. The number of carbonyl (C=O) groups excluding carboxylic acids is 1. The molecule has 6 N–H and O–H groups in total. The molecule has 0 spiro atoms. The number of carboxylic acid groups (broad SMARTS) is 1. The van der Waals surface area contributed by atoms with Crippen LogP contribution in [0.2, 0.25) is 10.0 Å². The first-order valence-corrected chi connectivity index (χ1v) is 17.3. The average molecular weight is 760 g/mol. The molecule has 0 unspecified atom stereocenters. The van der Waals surface area contributed by atoms with E-state index in [0.717, 1.165) is 39.1 Å².